The summed E-state index contributed by atoms with van der Waals surface area (Å²) in [5.41, 5.74) is 0. The fourth-order valence-corrected chi connectivity index (χ4v) is 7.49. The zero-order chi connectivity index (χ0) is 39.9. The van der Waals surface area contributed by atoms with Crippen LogP contribution in [0.1, 0.15) is 194 Å². The van der Waals surface area contributed by atoms with E-state index in [0.717, 1.165) is 38.5 Å². The SMILES string of the molecule is CCCCCCCCCCCCCCCCCCC(=O)OC[C@H](CO[C@H]1O[C@H](CS(=O)(=O)O)[C@@H](O)C(O)C1O)OC(=O)CCCCCCCCCCCC. The van der Waals surface area contributed by atoms with Crippen molar-refractivity contribution in [2.75, 3.05) is 19.0 Å². The number of esters is 2. The van der Waals surface area contributed by atoms with Crippen molar-refractivity contribution in [3.63, 3.8) is 0 Å². The van der Waals surface area contributed by atoms with Crippen molar-refractivity contribution in [3.05, 3.63) is 0 Å². The highest BCUT2D eigenvalue weighted by Gasteiger charge is 2.46. The summed E-state index contributed by atoms with van der Waals surface area (Å²) in [6.45, 7) is 3.75. The number of ether oxygens (including phenoxy) is 4. The molecule has 0 amide bonds. The molecule has 1 aliphatic heterocycles. The van der Waals surface area contributed by atoms with Crippen molar-refractivity contribution in [1.82, 2.24) is 0 Å². The van der Waals surface area contributed by atoms with Crippen LogP contribution in [0.25, 0.3) is 0 Å². The van der Waals surface area contributed by atoms with E-state index < -0.39 is 71.2 Å². The summed E-state index contributed by atoms with van der Waals surface area (Å²) >= 11 is 0. The first-order valence-electron chi connectivity index (χ1n) is 21.6. The molecule has 4 N–H and O–H groups in total. The average molecular weight is 795 g/mol. The van der Waals surface area contributed by atoms with Crippen molar-refractivity contribution in [3.8, 4) is 0 Å². The Bertz CT molecular complexity index is 1030. The Labute approximate surface area is 327 Å². The van der Waals surface area contributed by atoms with Gasteiger partial charge in [0.15, 0.2) is 12.4 Å². The second-order valence-corrected chi connectivity index (χ2v) is 16.9. The molecule has 54 heavy (non-hydrogen) atoms. The van der Waals surface area contributed by atoms with Gasteiger partial charge in [-0.15, -0.1) is 0 Å². The van der Waals surface area contributed by atoms with Gasteiger partial charge in [-0.25, -0.2) is 0 Å². The third-order valence-electron chi connectivity index (χ3n) is 10.2. The normalized spacial score (nSPS) is 20.9. The maximum atomic E-state index is 12.7. The summed E-state index contributed by atoms with van der Waals surface area (Å²) in [5, 5.41) is 30.8. The standard InChI is InChI=1S/C41H78O12S/c1-3-5-7-9-11-13-15-16-17-18-19-20-22-23-25-27-29-36(42)50-31-34(52-37(43)30-28-26-24-21-14-12-10-8-6-4-2)32-51-41-40(46)39(45)38(44)35(53-41)33-54(47,48)49/h34-35,38-41,44-46H,3-33H2,1-2H3,(H,47,48,49)/t34-,35-,38-,39?,40?,41+/m1/s1. The Balaban J connectivity index is 2.43. The molecule has 320 valence electrons. The third kappa shape index (κ3) is 27.3. The molecule has 0 aliphatic carbocycles. The minimum absolute atomic E-state index is 0.171. The van der Waals surface area contributed by atoms with Crippen LogP contribution in [0.2, 0.25) is 0 Å². The molecule has 1 fully saturated rings. The number of unbranched alkanes of at least 4 members (excludes halogenated alkanes) is 24. The lowest BCUT2D eigenvalue weighted by Gasteiger charge is -2.40. The van der Waals surface area contributed by atoms with Crippen molar-refractivity contribution >= 4 is 22.1 Å². The molecule has 12 nitrogen and oxygen atoms in total. The topological polar surface area (TPSA) is 186 Å². The van der Waals surface area contributed by atoms with E-state index in [9.17, 15) is 37.9 Å². The molecule has 1 aliphatic rings. The molecule has 1 heterocycles. The van der Waals surface area contributed by atoms with Crippen LogP contribution in [0.3, 0.4) is 0 Å². The Morgan fingerprint density at radius 2 is 0.944 bits per heavy atom. The number of hydrogen-bond donors (Lipinski definition) is 4. The molecule has 0 radical (unpaired) electrons. The molecule has 1 saturated heterocycles. The zero-order valence-electron chi connectivity index (χ0n) is 33.8. The van der Waals surface area contributed by atoms with Crippen molar-refractivity contribution < 1.29 is 56.8 Å². The summed E-state index contributed by atoms with van der Waals surface area (Å²) in [7, 11) is -4.59. The molecule has 0 spiro atoms. The second kappa shape index (κ2) is 32.7. The molecule has 0 aromatic rings. The number of carbonyl (C=O) groups is 2. The van der Waals surface area contributed by atoms with Gasteiger partial charge in [-0.2, -0.15) is 8.42 Å². The summed E-state index contributed by atoms with van der Waals surface area (Å²) in [6.07, 6.45) is 21.6. The Morgan fingerprint density at radius 1 is 0.556 bits per heavy atom. The average Bonchev–Trinajstić information content (AvgIpc) is 3.13. The van der Waals surface area contributed by atoms with Gasteiger partial charge in [0.1, 0.15) is 36.8 Å². The van der Waals surface area contributed by atoms with E-state index in [1.54, 1.807) is 0 Å². The van der Waals surface area contributed by atoms with Crippen LogP contribution in [0.5, 0.6) is 0 Å². The van der Waals surface area contributed by atoms with Crippen LogP contribution < -0.4 is 0 Å². The number of carbonyl (C=O) groups excluding carboxylic acids is 2. The van der Waals surface area contributed by atoms with Crippen molar-refractivity contribution in [2.24, 2.45) is 0 Å². The van der Waals surface area contributed by atoms with Gasteiger partial charge in [0, 0.05) is 12.8 Å². The Morgan fingerprint density at radius 3 is 1.35 bits per heavy atom. The van der Waals surface area contributed by atoms with E-state index in [4.69, 9.17) is 18.9 Å². The number of rotatable bonds is 36. The maximum absolute atomic E-state index is 12.7. The summed E-state index contributed by atoms with van der Waals surface area (Å²) in [4.78, 5) is 25.3. The van der Waals surface area contributed by atoms with Gasteiger partial charge in [-0.1, -0.05) is 168 Å². The molecule has 6 atom stereocenters. The zero-order valence-corrected chi connectivity index (χ0v) is 34.7. The minimum Gasteiger partial charge on any atom is -0.462 e. The molecular formula is C41H78O12S. The number of aliphatic hydroxyl groups is 3. The van der Waals surface area contributed by atoms with Crippen LogP contribution in [-0.2, 0) is 38.7 Å². The van der Waals surface area contributed by atoms with Crippen molar-refractivity contribution in [2.45, 2.75) is 230 Å². The summed E-state index contributed by atoms with van der Waals surface area (Å²) < 4.78 is 53.9. The van der Waals surface area contributed by atoms with Gasteiger partial charge < -0.3 is 34.3 Å². The monoisotopic (exact) mass is 795 g/mol. The first kappa shape index (κ1) is 50.7. The highest BCUT2D eigenvalue weighted by atomic mass is 32.2. The van der Waals surface area contributed by atoms with Gasteiger partial charge in [-0.05, 0) is 12.8 Å². The van der Waals surface area contributed by atoms with Gasteiger partial charge in [-0.3, -0.25) is 14.1 Å². The van der Waals surface area contributed by atoms with Crippen LogP contribution in [0.4, 0.5) is 0 Å². The number of aliphatic hydroxyl groups excluding tert-OH is 3. The highest BCUT2D eigenvalue weighted by Crippen LogP contribution is 2.24. The molecule has 0 saturated carbocycles. The molecule has 2 unspecified atom stereocenters. The lowest BCUT2D eigenvalue weighted by molar-refractivity contribution is -0.297. The quantitative estimate of drug-likeness (QED) is 0.0272. The predicted molar refractivity (Wildman–Crippen MR) is 211 cm³/mol. The smallest absolute Gasteiger partial charge is 0.306 e. The van der Waals surface area contributed by atoms with Gasteiger partial charge in [0.2, 0.25) is 0 Å². The molecule has 13 heteroatoms. The predicted octanol–water partition coefficient (Wildman–Crippen LogP) is 8.12. The van der Waals surface area contributed by atoms with Crippen LogP contribution in [-0.4, -0.2) is 96.0 Å². The first-order valence-corrected chi connectivity index (χ1v) is 23.2. The Hall–Kier alpha value is -1.35. The molecule has 0 aromatic carbocycles. The van der Waals surface area contributed by atoms with E-state index in [-0.39, 0.29) is 19.4 Å². The van der Waals surface area contributed by atoms with Crippen LogP contribution >= 0.6 is 0 Å². The van der Waals surface area contributed by atoms with E-state index in [0.29, 0.717) is 12.8 Å². The summed E-state index contributed by atoms with van der Waals surface area (Å²) in [6, 6.07) is 0. The largest absolute Gasteiger partial charge is 0.462 e. The second-order valence-electron chi connectivity index (χ2n) is 15.4. The lowest BCUT2D eigenvalue weighted by Crippen LogP contribution is -2.60. The van der Waals surface area contributed by atoms with Gasteiger partial charge in [0.05, 0.1) is 6.61 Å². The van der Waals surface area contributed by atoms with Gasteiger partial charge >= 0.3 is 11.9 Å². The molecular weight excluding hydrogens is 717 g/mol. The fraction of sp³-hybridized carbons (Fsp3) is 0.951. The summed E-state index contributed by atoms with van der Waals surface area (Å²) in [5.74, 6) is -1.97. The lowest BCUT2D eigenvalue weighted by atomic mass is 10.00. The van der Waals surface area contributed by atoms with Crippen molar-refractivity contribution in [1.29, 1.82) is 0 Å². The van der Waals surface area contributed by atoms with E-state index in [1.165, 1.54) is 116 Å². The van der Waals surface area contributed by atoms with E-state index in [2.05, 4.69) is 13.8 Å². The van der Waals surface area contributed by atoms with Gasteiger partial charge in [0.25, 0.3) is 10.1 Å². The first-order chi connectivity index (χ1) is 26.0. The molecule has 0 aromatic heterocycles. The van der Waals surface area contributed by atoms with E-state index >= 15 is 0 Å². The number of hydrogen-bond acceptors (Lipinski definition) is 11. The maximum Gasteiger partial charge on any atom is 0.306 e. The van der Waals surface area contributed by atoms with Crippen LogP contribution in [0, 0.1) is 0 Å². The Kier molecular flexibility index (Phi) is 30.7. The third-order valence-corrected chi connectivity index (χ3v) is 10.9. The van der Waals surface area contributed by atoms with Crippen LogP contribution in [0.15, 0.2) is 0 Å². The van der Waals surface area contributed by atoms with E-state index in [1.807, 2.05) is 0 Å². The fourth-order valence-electron chi connectivity index (χ4n) is 6.79. The molecule has 0 bridgehead atoms. The minimum atomic E-state index is -4.59. The highest BCUT2D eigenvalue weighted by molar-refractivity contribution is 7.85. The molecule has 1 rings (SSSR count).